The summed E-state index contributed by atoms with van der Waals surface area (Å²) in [6, 6.07) is 10.2. The lowest BCUT2D eigenvalue weighted by molar-refractivity contribution is -0.114. The summed E-state index contributed by atoms with van der Waals surface area (Å²) in [4.78, 5) is 24.0. The molecule has 0 atom stereocenters. The SMILES string of the molecule is COc1ccc(COC(=O)c2cc(OC)c(OC)cc2NC(C)=O)cc1. The van der Waals surface area contributed by atoms with Gasteiger partial charge in [-0.2, -0.15) is 0 Å². The second-order valence-electron chi connectivity index (χ2n) is 5.36. The zero-order valence-electron chi connectivity index (χ0n) is 15.1. The molecule has 0 spiro atoms. The standard InChI is InChI=1S/C19H21NO6/c1-12(21)20-16-10-18(25-4)17(24-3)9-15(16)19(22)26-11-13-5-7-14(23-2)8-6-13/h5-10H,11H2,1-4H3,(H,20,21). The number of amides is 1. The van der Waals surface area contributed by atoms with Gasteiger partial charge in [0.25, 0.3) is 0 Å². The summed E-state index contributed by atoms with van der Waals surface area (Å²) in [7, 11) is 4.51. The monoisotopic (exact) mass is 359 g/mol. The fraction of sp³-hybridized carbons (Fsp3) is 0.263. The number of methoxy groups -OCH3 is 3. The highest BCUT2D eigenvalue weighted by atomic mass is 16.5. The molecule has 0 radical (unpaired) electrons. The van der Waals surface area contributed by atoms with E-state index in [4.69, 9.17) is 18.9 Å². The molecule has 0 aromatic heterocycles. The van der Waals surface area contributed by atoms with Gasteiger partial charge < -0.3 is 24.3 Å². The van der Waals surface area contributed by atoms with E-state index in [0.717, 1.165) is 5.56 Å². The van der Waals surface area contributed by atoms with Gasteiger partial charge in [-0.1, -0.05) is 12.1 Å². The van der Waals surface area contributed by atoms with Crippen molar-refractivity contribution >= 4 is 17.6 Å². The first-order valence-electron chi connectivity index (χ1n) is 7.82. The zero-order chi connectivity index (χ0) is 19.1. The van der Waals surface area contributed by atoms with E-state index in [2.05, 4.69) is 5.32 Å². The molecule has 7 heteroatoms. The molecule has 26 heavy (non-hydrogen) atoms. The van der Waals surface area contributed by atoms with Crippen LogP contribution in [0.1, 0.15) is 22.8 Å². The Kier molecular flexibility index (Phi) is 6.43. The Hall–Kier alpha value is -3.22. The van der Waals surface area contributed by atoms with Crippen LogP contribution in [0.15, 0.2) is 36.4 Å². The van der Waals surface area contributed by atoms with E-state index >= 15 is 0 Å². The van der Waals surface area contributed by atoms with E-state index in [1.165, 1.54) is 33.3 Å². The maximum Gasteiger partial charge on any atom is 0.340 e. The van der Waals surface area contributed by atoms with Crippen molar-refractivity contribution in [1.82, 2.24) is 0 Å². The fourth-order valence-electron chi connectivity index (χ4n) is 2.29. The summed E-state index contributed by atoms with van der Waals surface area (Å²) in [5.74, 6) is 0.556. The summed E-state index contributed by atoms with van der Waals surface area (Å²) in [6.07, 6.45) is 0. The minimum absolute atomic E-state index is 0.0800. The highest BCUT2D eigenvalue weighted by Crippen LogP contribution is 2.34. The van der Waals surface area contributed by atoms with Crippen LogP contribution in [0.4, 0.5) is 5.69 Å². The summed E-state index contributed by atoms with van der Waals surface area (Å²) < 4.78 is 20.9. The predicted molar refractivity (Wildman–Crippen MR) is 96.0 cm³/mol. The van der Waals surface area contributed by atoms with Crippen molar-refractivity contribution in [2.45, 2.75) is 13.5 Å². The van der Waals surface area contributed by atoms with Gasteiger partial charge in [0, 0.05) is 19.1 Å². The highest BCUT2D eigenvalue weighted by Gasteiger charge is 2.19. The molecular weight excluding hydrogens is 338 g/mol. The van der Waals surface area contributed by atoms with Crippen LogP contribution in [0, 0.1) is 0 Å². The number of esters is 1. The molecule has 1 amide bonds. The average Bonchev–Trinajstić information content (AvgIpc) is 2.65. The number of benzene rings is 2. The van der Waals surface area contributed by atoms with Gasteiger partial charge in [-0.3, -0.25) is 4.79 Å². The number of anilines is 1. The molecular formula is C19H21NO6. The average molecular weight is 359 g/mol. The molecule has 2 aromatic rings. The van der Waals surface area contributed by atoms with Crippen molar-refractivity contribution in [2.75, 3.05) is 26.6 Å². The first kappa shape index (κ1) is 19.1. The van der Waals surface area contributed by atoms with Crippen LogP contribution < -0.4 is 19.5 Å². The summed E-state index contributed by atoms with van der Waals surface area (Å²) in [6.45, 7) is 1.43. The fourth-order valence-corrected chi connectivity index (χ4v) is 2.29. The quantitative estimate of drug-likeness (QED) is 0.765. The lowest BCUT2D eigenvalue weighted by atomic mass is 10.1. The van der Waals surface area contributed by atoms with Crippen LogP contribution in [0.25, 0.3) is 0 Å². The van der Waals surface area contributed by atoms with Crippen LogP contribution >= 0.6 is 0 Å². The van der Waals surface area contributed by atoms with Crippen molar-refractivity contribution in [3.05, 3.63) is 47.5 Å². The van der Waals surface area contributed by atoms with Crippen molar-refractivity contribution < 1.29 is 28.5 Å². The molecule has 0 bridgehead atoms. The molecule has 1 N–H and O–H groups in total. The first-order valence-corrected chi connectivity index (χ1v) is 7.82. The van der Waals surface area contributed by atoms with Crippen LogP contribution in [-0.4, -0.2) is 33.2 Å². The van der Waals surface area contributed by atoms with E-state index in [1.54, 1.807) is 31.4 Å². The Bertz CT molecular complexity index is 785. The van der Waals surface area contributed by atoms with E-state index in [-0.39, 0.29) is 23.8 Å². The van der Waals surface area contributed by atoms with Crippen LogP contribution in [0.3, 0.4) is 0 Å². The number of nitrogens with one attached hydrogen (secondary N) is 1. The van der Waals surface area contributed by atoms with E-state index in [9.17, 15) is 9.59 Å². The molecule has 0 aliphatic carbocycles. The number of carbonyl (C=O) groups is 2. The Morgan fingerprint density at radius 1 is 0.923 bits per heavy atom. The third-order valence-electron chi connectivity index (χ3n) is 3.58. The number of rotatable bonds is 7. The molecule has 138 valence electrons. The lowest BCUT2D eigenvalue weighted by Crippen LogP contribution is -2.13. The third kappa shape index (κ3) is 4.66. The van der Waals surface area contributed by atoms with Gasteiger partial charge in [-0.05, 0) is 17.7 Å². The molecule has 0 heterocycles. The summed E-state index contributed by atoms with van der Waals surface area (Å²) in [5.41, 5.74) is 1.27. The van der Waals surface area contributed by atoms with E-state index in [0.29, 0.717) is 17.2 Å². The molecule has 0 aliphatic rings. The highest BCUT2D eigenvalue weighted by molar-refractivity contribution is 6.01. The molecule has 0 aliphatic heterocycles. The molecule has 0 saturated carbocycles. The molecule has 2 aromatic carbocycles. The Morgan fingerprint density at radius 3 is 2.08 bits per heavy atom. The van der Waals surface area contributed by atoms with Gasteiger partial charge in [-0.25, -0.2) is 4.79 Å². The number of carbonyl (C=O) groups excluding carboxylic acids is 2. The van der Waals surface area contributed by atoms with Crippen LogP contribution in [0.5, 0.6) is 17.2 Å². The number of hydrogen-bond donors (Lipinski definition) is 1. The number of hydrogen-bond acceptors (Lipinski definition) is 6. The smallest absolute Gasteiger partial charge is 0.340 e. The van der Waals surface area contributed by atoms with Gasteiger partial charge in [0.2, 0.25) is 5.91 Å². The minimum Gasteiger partial charge on any atom is -0.497 e. The van der Waals surface area contributed by atoms with Crippen molar-refractivity contribution in [3.63, 3.8) is 0 Å². The van der Waals surface area contributed by atoms with Crippen LogP contribution in [-0.2, 0) is 16.1 Å². The van der Waals surface area contributed by atoms with E-state index in [1.807, 2.05) is 0 Å². The van der Waals surface area contributed by atoms with Gasteiger partial charge in [0.1, 0.15) is 12.4 Å². The number of ether oxygens (including phenoxy) is 4. The summed E-state index contributed by atoms with van der Waals surface area (Å²) >= 11 is 0. The zero-order valence-corrected chi connectivity index (χ0v) is 15.1. The molecule has 0 fully saturated rings. The Labute approximate surface area is 151 Å². The van der Waals surface area contributed by atoms with Crippen molar-refractivity contribution in [1.29, 1.82) is 0 Å². The normalized spacial score (nSPS) is 10.0. The second kappa shape index (κ2) is 8.75. The molecule has 0 saturated heterocycles. The van der Waals surface area contributed by atoms with Crippen molar-refractivity contribution in [2.24, 2.45) is 0 Å². The van der Waals surface area contributed by atoms with E-state index < -0.39 is 5.97 Å². The largest absolute Gasteiger partial charge is 0.497 e. The van der Waals surface area contributed by atoms with Gasteiger partial charge in [-0.15, -0.1) is 0 Å². The maximum absolute atomic E-state index is 12.5. The maximum atomic E-state index is 12.5. The molecule has 7 nitrogen and oxygen atoms in total. The third-order valence-corrected chi connectivity index (χ3v) is 3.58. The lowest BCUT2D eigenvalue weighted by Gasteiger charge is -2.14. The molecule has 2 rings (SSSR count). The summed E-state index contributed by atoms with van der Waals surface area (Å²) in [5, 5.41) is 2.60. The van der Waals surface area contributed by atoms with Gasteiger partial charge in [0.15, 0.2) is 11.5 Å². The minimum atomic E-state index is -0.592. The first-order chi connectivity index (χ1) is 12.5. The second-order valence-corrected chi connectivity index (χ2v) is 5.36. The molecule has 0 unspecified atom stereocenters. The van der Waals surface area contributed by atoms with Crippen molar-refractivity contribution in [3.8, 4) is 17.2 Å². The van der Waals surface area contributed by atoms with Gasteiger partial charge in [0.05, 0.1) is 32.6 Å². The predicted octanol–water partition coefficient (Wildman–Crippen LogP) is 3.03. The Balaban J connectivity index is 2.23. The topological polar surface area (TPSA) is 83.1 Å². The Morgan fingerprint density at radius 2 is 1.54 bits per heavy atom. The van der Waals surface area contributed by atoms with Crippen LogP contribution in [0.2, 0.25) is 0 Å². The van der Waals surface area contributed by atoms with Gasteiger partial charge >= 0.3 is 5.97 Å².